The van der Waals surface area contributed by atoms with Crippen LogP contribution in [0.2, 0.25) is 0 Å². The summed E-state index contributed by atoms with van der Waals surface area (Å²) in [6.45, 7) is 9.00. The minimum atomic E-state index is -0.397. The normalized spacial score (nSPS) is 15.6. The van der Waals surface area contributed by atoms with E-state index in [9.17, 15) is 4.79 Å². The average molecular weight is 368 g/mol. The van der Waals surface area contributed by atoms with Crippen molar-refractivity contribution in [3.63, 3.8) is 0 Å². The van der Waals surface area contributed by atoms with Gasteiger partial charge in [-0.25, -0.2) is 9.78 Å². The Bertz CT molecular complexity index is 743. The molecule has 27 heavy (non-hydrogen) atoms. The summed E-state index contributed by atoms with van der Waals surface area (Å²) in [4.78, 5) is 21.0. The molecule has 0 bridgehead atoms. The number of piperazine rings is 1. The fourth-order valence-electron chi connectivity index (χ4n) is 3.23. The SMILES string of the molecule is CC(NC(=O)N1CCN(c2ccccn2)CC1)Oc1ccccc1C(C)C. The second-order valence-corrected chi connectivity index (χ2v) is 7.06. The first-order valence-corrected chi connectivity index (χ1v) is 9.51. The zero-order valence-corrected chi connectivity index (χ0v) is 16.3. The highest BCUT2D eigenvalue weighted by Gasteiger charge is 2.23. The van der Waals surface area contributed by atoms with E-state index >= 15 is 0 Å². The smallest absolute Gasteiger partial charge is 0.320 e. The lowest BCUT2D eigenvalue weighted by atomic mass is 10.0. The summed E-state index contributed by atoms with van der Waals surface area (Å²) in [7, 11) is 0. The van der Waals surface area contributed by atoms with E-state index in [1.807, 2.05) is 48.2 Å². The van der Waals surface area contributed by atoms with Crippen LogP contribution in [0.3, 0.4) is 0 Å². The second-order valence-electron chi connectivity index (χ2n) is 7.06. The molecule has 1 unspecified atom stereocenters. The van der Waals surface area contributed by atoms with Gasteiger partial charge in [0, 0.05) is 32.4 Å². The van der Waals surface area contributed by atoms with Crippen LogP contribution in [0.25, 0.3) is 0 Å². The van der Waals surface area contributed by atoms with E-state index < -0.39 is 6.23 Å². The molecule has 2 amide bonds. The van der Waals surface area contributed by atoms with Gasteiger partial charge in [0.2, 0.25) is 0 Å². The molecule has 0 saturated carbocycles. The van der Waals surface area contributed by atoms with E-state index in [-0.39, 0.29) is 6.03 Å². The Hall–Kier alpha value is -2.76. The Labute approximate surface area is 161 Å². The van der Waals surface area contributed by atoms with E-state index in [0.717, 1.165) is 30.2 Å². The maximum Gasteiger partial charge on any atom is 0.320 e. The van der Waals surface area contributed by atoms with E-state index in [4.69, 9.17) is 4.74 Å². The van der Waals surface area contributed by atoms with Crippen LogP contribution < -0.4 is 15.0 Å². The summed E-state index contributed by atoms with van der Waals surface area (Å²) in [5, 5.41) is 2.95. The van der Waals surface area contributed by atoms with Gasteiger partial charge < -0.3 is 19.9 Å². The third-order valence-corrected chi connectivity index (χ3v) is 4.71. The van der Waals surface area contributed by atoms with Crippen LogP contribution >= 0.6 is 0 Å². The van der Waals surface area contributed by atoms with Crippen molar-refractivity contribution in [2.45, 2.75) is 32.9 Å². The standard InChI is InChI=1S/C21H28N4O2/c1-16(2)18-8-4-5-9-19(18)27-17(3)23-21(26)25-14-12-24(13-15-25)20-10-6-7-11-22-20/h4-11,16-17H,12-15H2,1-3H3,(H,23,26). The number of rotatable bonds is 5. The first-order chi connectivity index (χ1) is 13.0. The van der Waals surface area contributed by atoms with Crippen molar-refractivity contribution in [2.24, 2.45) is 0 Å². The molecule has 0 aliphatic carbocycles. The number of carbonyl (C=O) groups is 1. The molecule has 1 fully saturated rings. The number of aromatic nitrogens is 1. The van der Waals surface area contributed by atoms with E-state index in [2.05, 4.69) is 35.1 Å². The van der Waals surface area contributed by atoms with Gasteiger partial charge in [-0.1, -0.05) is 38.1 Å². The van der Waals surface area contributed by atoms with Crippen LogP contribution in [0.1, 0.15) is 32.3 Å². The molecule has 1 aliphatic heterocycles. The quantitative estimate of drug-likeness (QED) is 0.821. The Morgan fingerprint density at radius 2 is 1.74 bits per heavy atom. The minimum Gasteiger partial charge on any atom is -0.471 e. The van der Waals surface area contributed by atoms with Crippen molar-refractivity contribution in [3.8, 4) is 5.75 Å². The molecule has 1 atom stereocenters. The fraction of sp³-hybridized carbons (Fsp3) is 0.429. The number of benzene rings is 1. The lowest BCUT2D eigenvalue weighted by Crippen LogP contribution is -2.54. The molecular weight excluding hydrogens is 340 g/mol. The highest BCUT2D eigenvalue weighted by Crippen LogP contribution is 2.26. The number of nitrogens with zero attached hydrogens (tertiary/aromatic N) is 3. The van der Waals surface area contributed by atoms with Gasteiger partial charge in [-0.2, -0.15) is 0 Å². The summed E-state index contributed by atoms with van der Waals surface area (Å²) in [6, 6.07) is 13.8. The Kier molecular flexibility index (Phi) is 6.16. The third kappa shape index (κ3) is 4.90. The second kappa shape index (κ2) is 8.75. The van der Waals surface area contributed by atoms with Crippen molar-refractivity contribution >= 4 is 11.8 Å². The average Bonchev–Trinajstić information content (AvgIpc) is 2.69. The van der Waals surface area contributed by atoms with Crippen molar-refractivity contribution in [1.29, 1.82) is 0 Å². The monoisotopic (exact) mass is 368 g/mol. The number of hydrogen-bond donors (Lipinski definition) is 1. The molecule has 2 heterocycles. The van der Waals surface area contributed by atoms with Gasteiger partial charge in [-0.15, -0.1) is 0 Å². The van der Waals surface area contributed by atoms with Crippen LogP contribution in [-0.2, 0) is 0 Å². The molecule has 0 spiro atoms. The number of ether oxygens (including phenoxy) is 1. The summed E-state index contributed by atoms with van der Waals surface area (Å²) in [6.07, 6.45) is 1.40. The Morgan fingerprint density at radius 3 is 2.41 bits per heavy atom. The summed E-state index contributed by atoms with van der Waals surface area (Å²) >= 11 is 0. The zero-order valence-electron chi connectivity index (χ0n) is 16.3. The topological polar surface area (TPSA) is 57.7 Å². The lowest BCUT2D eigenvalue weighted by Gasteiger charge is -2.35. The molecule has 0 radical (unpaired) electrons. The van der Waals surface area contributed by atoms with Gasteiger partial charge in [0.15, 0.2) is 6.23 Å². The summed E-state index contributed by atoms with van der Waals surface area (Å²) < 4.78 is 5.98. The van der Waals surface area contributed by atoms with Crippen LogP contribution in [-0.4, -0.2) is 48.3 Å². The molecule has 144 valence electrons. The van der Waals surface area contributed by atoms with Crippen LogP contribution in [0.5, 0.6) is 5.75 Å². The molecule has 1 aromatic carbocycles. The van der Waals surface area contributed by atoms with Gasteiger partial charge in [0.05, 0.1) is 0 Å². The Balaban J connectivity index is 1.51. The highest BCUT2D eigenvalue weighted by molar-refractivity contribution is 5.74. The minimum absolute atomic E-state index is 0.0924. The van der Waals surface area contributed by atoms with Crippen LogP contribution in [0, 0.1) is 0 Å². The summed E-state index contributed by atoms with van der Waals surface area (Å²) in [5.74, 6) is 2.14. The molecule has 1 saturated heterocycles. The predicted molar refractivity (Wildman–Crippen MR) is 107 cm³/mol. The maximum absolute atomic E-state index is 12.6. The zero-order chi connectivity index (χ0) is 19.2. The largest absolute Gasteiger partial charge is 0.471 e. The lowest BCUT2D eigenvalue weighted by molar-refractivity contribution is 0.150. The molecule has 1 aromatic heterocycles. The summed E-state index contributed by atoms with van der Waals surface area (Å²) in [5.41, 5.74) is 1.14. The van der Waals surface area contributed by atoms with E-state index in [1.165, 1.54) is 0 Å². The van der Waals surface area contributed by atoms with Crippen molar-refractivity contribution in [2.75, 3.05) is 31.1 Å². The highest BCUT2D eigenvalue weighted by atomic mass is 16.5. The number of nitrogens with one attached hydrogen (secondary N) is 1. The molecule has 1 N–H and O–H groups in total. The number of urea groups is 1. The Morgan fingerprint density at radius 1 is 1.04 bits per heavy atom. The first-order valence-electron chi connectivity index (χ1n) is 9.51. The molecule has 6 heteroatoms. The maximum atomic E-state index is 12.6. The first kappa shape index (κ1) is 19.0. The predicted octanol–water partition coefficient (Wildman–Crippen LogP) is 3.46. The third-order valence-electron chi connectivity index (χ3n) is 4.71. The fourth-order valence-corrected chi connectivity index (χ4v) is 3.23. The van der Waals surface area contributed by atoms with E-state index in [1.54, 1.807) is 6.20 Å². The number of anilines is 1. The molecule has 1 aliphatic rings. The van der Waals surface area contributed by atoms with Gasteiger partial charge in [0.1, 0.15) is 11.6 Å². The van der Waals surface area contributed by atoms with Crippen molar-refractivity contribution in [3.05, 3.63) is 54.2 Å². The number of pyridine rings is 1. The van der Waals surface area contributed by atoms with Crippen molar-refractivity contribution < 1.29 is 9.53 Å². The van der Waals surface area contributed by atoms with Gasteiger partial charge in [-0.05, 0) is 36.6 Å². The van der Waals surface area contributed by atoms with E-state index in [0.29, 0.717) is 19.0 Å². The van der Waals surface area contributed by atoms with Crippen LogP contribution in [0.15, 0.2) is 48.7 Å². The molecular formula is C21H28N4O2. The number of hydrogen-bond acceptors (Lipinski definition) is 4. The number of para-hydroxylation sites is 1. The number of carbonyl (C=O) groups excluding carboxylic acids is 1. The number of amides is 2. The van der Waals surface area contributed by atoms with Gasteiger partial charge in [0.25, 0.3) is 0 Å². The molecule has 6 nitrogen and oxygen atoms in total. The molecule has 2 aromatic rings. The van der Waals surface area contributed by atoms with Crippen molar-refractivity contribution in [1.82, 2.24) is 15.2 Å². The van der Waals surface area contributed by atoms with Gasteiger partial charge >= 0.3 is 6.03 Å². The van der Waals surface area contributed by atoms with Crippen LogP contribution in [0.4, 0.5) is 10.6 Å². The van der Waals surface area contributed by atoms with Gasteiger partial charge in [-0.3, -0.25) is 0 Å². The molecule has 3 rings (SSSR count).